The van der Waals surface area contributed by atoms with Crippen molar-refractivity contribution in [3.8, 4) is 0 Å². The molecular weight excluding hydrogens is 250 g/mol. The molecule has 0 saturated carbocycles. The molecule has 0 bridgehead atoms. The monoisotopic (exact) mass is 271 g/mol. The Morgan fingerprint density at radius 1 is 1.50 bits per heavy atom. The van der Waals surface area contributed by atoms with Crippen LogP contribution < -0.4 is 4.72 Å². The van der Waals surface area contributed by atoms with Gasteiger partial charge in [0.15, 0.2) is 5.03 Å². The molecule has 1 atom stereocenters. The van der Waals surface area contributed by atoms with Crippen LogP contribution in [-0.2, 0) is 16.6 Å². The number of nitrogens with zero attached hydrogens (tertiary/aromatic N) is 2. The van der Waals surface area contributed by atoms with Gasteiger partial charge in [-0.05, 0) is 32.1 Å². The van der Waals surface area contributed by atoms with Crippen molar-refractivity contribution in [1.29, 1.82) is 0 Å². The highest BCUT2D eigenvalue weighted by Gasteiger charge is 2.30. The second kappa shape index (κ2) is 5.01. The number of fused-ring (bicyclic) bond motifs is 1. The molecule has 6 heteroatoms. The molecule has 0 fully saturated rings. The first-order valence-electron chi connectivity index (χ1n) is 6.54. The normalized spacial score (nSPS) is 19.8. The van der Waals surface area contributed by atoms with Crippen molar-refractivity contribution in [1.82, 2.24) is 14.3 Å². The fourth-order valence-electron chi connectivity index (χ4n) is 2.51. The van der Waals surface area contributed by atoms with Gasteiger partial charge in [0.2, 0.25) is 0 Å². The molecule has 5 nitrogen and oxygen atoms in total. The minimum Gasteiger partial charge on any atom is -0.331 e. The molecule has 0 aliphatic carbocycles. The van der Waals surface area contributed by atoms with E-state index in [9.17, 15) is 8.42 Å². The van der Waals surface area contributed by atoms with Crippen LogP contribution in [0, 0.1) is 6.92 Å². The quantitative estimate of drug-likeness (QED) is 0.908. The van der Waals surface area contributed by atoms with Gasteiger partial charge in [-0.1, -0.05) is 13.8 Å². The van der Waals surface area contributed by atoms with Crippen LogP contribution in [-0.4, -0.2) is 24.5 Å². The second-order valence-corrected chi connectivity index (χ2v) is 6.62. The van der Waals surface area contributed by atoms with Crippen molar-refractivity contribution >= 4 is 10.0 Å². The Labute approximate surface area is 109 Å². The molecule has 2 heterocycles. The average Bonchev–Trinajstić information content (AvgIpc) is 2.67. The number of aromatic nitrogens is 2. The van der Waals surface area contributed by atoms with Gasteiger partial charge in [-0.25, -0.2) is 18.1 Å². The van der Waals surface area contributed by atoms with Crippen molar-refractivity contribution in [3.05, 3.63) is 11.5 Å². The number of hydrogen-bond donors (Lipinski definition) is 1. The second-order valence-electron chi connectivity index (χ2n) is 4.94. The molecule has 0 saturated heterocycles. The van der Waals surface area contributed by atoms with Crippen molar-refractivity contribution in [2.24, 2.45) is 0 Å². The lowest BCUT2D eigenvalue weighted by Gasteiger charge is -2.22. The lowest BCUT2D eigenvalue weighted by Crippen LogP contribution is -2.27. The molecule has 0 spiro atoms. The fourth-order valence-corrected chi connectivity index (χ4v) is 3.96. The Hall–Kier alpha value is -0.880. The van der Waals surface area contributed by atoms with Crippen LogP contribution >= 0.6 is 0 Å². The first-order valence-corrected chi connectivity index (χ1v) is 8.02. The minimum atomic E-state index is -3.46. The highest BCUT2D eigenvalue weighted by Crippen LogP contribution is 2.32. The molecule has 102 valence electrons. The van der Waals surface area contributed by atoms with E-state index in [1.165, 1.54) is 0 Å². The summed E-state index contributed by atoms with van der Waals surface area (Å²) in [4.78, 5) is 4.28. The number of hydrogen-bond acceptors (Lipinski definition) is 3. The first-order chi connectivity index (χ1) is 8.47. The molecule has 1 aliphatic heterocycles. The summed E-state index contributed by atoms with van der Waals surface area (Å²) in [5.74, 6) is 1.06. The lowest BCUT2D eigenvalue weighted by atomic mass is 9.99. The van der Waals surface area contributed by atoms with Gasteiger partial charge in [-0.2, -0.15) is 0 Å². The van der Waals surface area contributed by atoms with Gasteiger partial charge in [0.25, 0.3) is 10.0 Å². The lowest BCUT2D eigenvalue weighted by molar-refractivity contribution is 0.460. The van der Waals surface area contributed by atoms with Crippen LogP contribution in [0.4, 0.5) is 0 Å². The third-order valence-electron chi connectivity index (χ3n) is 3.45. The van der Waals surface area contributed by atoms with Gasteiger partial charge in [-0.3, -0.25) is 0 Å². The number of imidazole rings is 1. The Kier molecular flexibility index (Phi) is 3.77. The van der Waals surface area contributed by atoms with Crippen LogP contribution in [0.2, 0.25) is 0 Å². The van der Waals surface area contributed by atoms with Crippen molar-refractivity contribution in [2.75, 3.05) is 6.54 Å². The molecule has 1 N–H and O–H groups in total. The van der Waals surface area contributed by atoms with Gasteiger partial charge in [0, 0.05) is 13.1 Å². The third kappa shape index (κ3) is 2.31. The SMILES string of the molecule is CCCNS(=O)(=O)c1nc(C)n2c1C(C)CCC2. The molecule has 0 radical (unpaired) electrons. The summed E-state index contributed by atoms with van der Waals surface area (Å²) in [6.45, 7) is 7.23. The number of nitrogens with one attached hydrogen (secondary N) is 1. The van der Waals surface area contributed by atoms with Crippen LogP contribution in [0.1, 0.15) is 50.5 Å². The zero-order valence-electron chi connectivity index (χ0n) is 11.2. The summed E-state index contributed by atoms with van der Waals surface area (Å²) in [5, 5.41) is 0.237. The highest BCUT2D eigenvalue weighted by molar-refractivity contribution is 7.89. The van der Waals surface area contributed by atoms with Crippen molar-refractivity contribution in [3.63, 3.8) is 0 Å². The Morgan fingerprint density at radius 2 is 2.22 bits per heavy atom. The van der Waals surface area contributed by atoms with Gasteiger partial charge < -0.3 is 4.57 Å². The van der Waals surface area contributed by atoms with Crippen LogP contribution in [0.25, 0.3) is 0 Å². The largest absolute Gasteiger partial charge is 0.331 e. The highest BCUT2D eigenvalue weighted by atomic mass is 32.2. The predicted molar refractivity (Wildman–Crippen MR) is 70.1 cm³/mol. The van der Waals surface area contributed by atoms with E-state index < -0.39 is 10.0 Å². The molecule has 2 rings (SSSR count). The van der Waals surface area contributed by atoms with Gasteiger partial charge in [0.05, 0.1) is 5.69 Å². The van der Waals surface area contributed by atoms with E-state index in [4.69, 9.17) is 0 Å². The predicted octanol–water partition coefficient (Wildman–Crippen LogP) is 1.78. The Morgan fingerprint density at radius 3 is 2.89 bits per heavy atom. The van der Waals surface area contributed by atoms with E-state index in [1.807, 2.05) is 13.8 Å². The standard InChI is InChI=1S/C12H21N3O2S/c1-4-7-13-18(16,17)12-11-9(2)6-5-8-15(11)10(3)14-12/h9,13H,4-8H2,1-3H3. The van der Waals surface area contributed by atoms with E-state index in [1.54, 1.807) is 0 Å². The summed E-state index contributed by atoms with van der Waals surface area (Å²) in [6.07, 6.45) is 2.90. The topological polar surface area (TPSA) is 64.0 Å². The molecule has 1 unspecified atom stereocenters. The number of aryl methyl sites for hydroxylation is 1. The molecule has 1 aromatic heterocycles. The molecular formula is C12H21N3O2S. The molecule has 0 amide bonds. The van der Waals surface area contributed by atoms with Crippen LogP contribution in [0.5, 0.6) is 0 Å². The zero-order valence-corrected chi connectivity index (χ0v) is 12.0. The maximum absolute atomic E-state index is 12.2. The number of sulfonamides is 1. The summed E-state index contributed by atoms with van der Waals surface area (Å²) >= 11 is 0. The van der Waals surface area contributed by atoms with E-state index in [2.05, 4.69) is 21.2 Å². The summed E-state index contributed by atoms with van der Waals surface area (Å²) in [7, 11) is -3.46. The Balaban J connectivity index is 2.46. The molecule has 1 aliphatic rings. The van der Waals surface area contributed by atoms with Gasteiger partial charge in [0.1, 0.15) is 5.82 Å². The fraction of sp³-hybridized carbons (Fsp3) is 0.750. The van der Waals surface area contributed by atoms with Gasteiger partial charge in [-0.15, -0.1) is 0 Å². The molecule has 18 heavy (non-hydrogen) atoms. The average molecular weight is 271 g/mol. The van der Waals surface area contributed by atoms with Crippen LogP contribution in [0.15, 0.2) is 5.03 Å². The zero-order chi connectivity index (χ0) is 13.3. The smallest absolute Gasteiger partial charge is 0.259 e. The van der Waals surface area contributed by atoms with Gasteiger partial charge >= 0.3 is 0 Å². The van der Waals surface area contributed by atoms with E-state index in [0.717, 1.165) is 37.3 Å². The summed E-state index contributed by atoms with van der Waals surface area (Å²) in [6, 6.07) is 0. The Bertz CT molecular complexity index is 534. The summed E-state index contributed by atoms with van der Waals surface area (Å²) < 4.78 is 29.1. The van der Waals surface area contributed by atoms with E-state index in [-0.39, 0.29) is 10.9 Å². The van der Waals surface area contributed by atoms with E-state index in [0.29, 0.717) is 6.54 Å². The third-order valence-corrected chi connectivity index (χ3v) is 4.84. The number of rotatable bonds is 4. The van der Waals surface area contributed by atoms with Crippen LogP contribution in [0.3, 0.4) is 0 Å². The maximum Gasteiger partial charge on any atom is 0.259 e. The van der Waals surface area contributed by atoms with E-state index >= 15 is 0 Å². The van der Waals surface area contributed by atoms with Crippen molar-refractivity contribution < 1.29 is 8.42 Å². The molecule has 1 aromatic rings. The minimum absolute atomic E-state index is 0.237. The van der Waals surface area contributed by atoms with Crippen molar-refractivity contribution in [2.45, 2.75) is 57.5 Å². The maximum atomic E-state index is 12.2. The summed E-state index contributed by atoms with van der Waals surface area (Å²) in [5.41, 5.74) is 0.877. The molecule has 0 aromatic carbocycles. The first kappa shape index (κ1) is 13.5.